The maximum absolute atomic E-state index is 11.5. The molecule has 2 N–H and O–H groups in total. The number of esters is 1. The summed E-state index contributed by atoms with van der Waals surface area (Å²) in [4.78, 5) is 14.3. The Hall–Kier alpha value is -0.680. The molecule has 0 amide bonds. The minimum atomic E-state index is -0.0704. The van der Waals surface area contributed by atoms with Gasteiger partial charge in [0.25, 0.3) is 0 Å². The smallest absolute Gasteiger partial charge is 0.323 e. The number of thiocarbonyl (C=S) groups is 1. The highest BCUT2D eigenvalue weighted by Gasteiger charge is 2.39. The van der Waals surface area contributed by atoms with E-state index in [-0.39, 0.29) is 17.4 Å². The fourth-order valence-electron chi connectivity index (χ4n) is 2.39. The summed E-state index contributed by atoms with van der Waals surface area (Å²) in [5.41, 5.74) is 5.72. The Bertz CT molecular complexity index is 311. The van der Waals surface area contributed by atoms with E-state index in [0.717, 1.165) is 32.4 Å². The van der Waals surface area contributed by atoms with Gasteiger partial charge < -0.3 is 10.5 Å². The van der Waals surface area contributed by atoms with Gasteiger partial charge in [0.1, 0.15) is 6.04 Å². The summed E-state index contributed by atoms with van der Waals surface area (Å²) in [6.07, 6.45) is 2.70. The summed E-state index contributed by atoms with van der Waals surface area (Å²) in [6.45, 7) is 4.44. The zero-order valence-corrected chi connectivity index (χ0v) is 10.4. The molecule has 2 aliphatic heterocycles. The molecule has 0 spiro atoms. The molecule has 0 saturated carbocycles. The molecule has 0 bridgehead atoms. The lowest BCUT2D eigenvalue weighted by Gasteiger charge is -2.40. The highest BCUT2D eigenvalue weighted by atomic mass is 32.1. The number of carbonyl (C=O) groups is 1. The number of nitrogens with zero attached hydrogens (tertiary/aromatic N) is 1. The van der Waals surface area contributed by atoms with Crippen LogP contribution in [0.5, 0.6) is 0 Å². The van der Waals surface area contributed by atoms with E-state index in [1.807, 2.05) is 0 Å². The molecule has 2 heterocycles. The van der Waals surface area contributed by atoms with Gasteiger partial charge >= 0.3 is 5.97 Å². The third-order valence-electron chi connectivity index (χ3n) is 3.84. The zero-order valence-electron chi connectivity index (χ0n) is 9.57. The van der Waals surface area contributed by atoms with Crippen molar-refractivity contribution in [1.82, 2.24) is 4.90 Å². The molecule has 1 unspecified atom stereocenters. The Balaban J connectivity index is 1.95. The summed E-state index contributed by atoms with van der Waals surface area (Å²) in [5, 5.41) is 0. The van der Waals surface area contributed by atoms with Gasteiger partial charge in [0, 0.05) is 11.8 Å². The normalized spacial score (nSPS) is 30.1. The molecule has 2 fully saturated rings. The molecule has 90 valence electrons. The average molecular weight is 242 g/mol. The second-order valence-corrected chi connectivity index (χ2v) is 5.37. The van der Waals surface area contributed by atoms with E-state index in [2.05, 4.69) is 11.8 Å². The van der Waals surface area contributed by atoms with E-state index in [1.54, 1.807) is 0 Å². The van der Waals surface area contributed by atoms with Crippen molar-refractivity contribution in [1.29, 1.82) is 0 Å². The Morgan fingerprint density at radius 1 is 1.56 bits per heavy atom. The van der Waals surface area contributed by atoms with E-state index < -0.39 is 0 Å². The van der Waals surface area contributed by atoms with Gasteiger partial charge in [-0.15, -0.1) is 0 Å². The fourth-order valence-corrected chi connectivity index (χ4v) is 2.60. The van der Waals surface area contributed by atoms with Crippen LogP contribution in [0.15, 0.2) is 0 Å². The largest absolute Gasteiger partial charge is 0.464 e. The predicted octanol–water partition coefficient (Wildman–Crippen LogP) is 0.690. The zero-order chi connectivity index (χ0) is 11.8. The Labute approximate surface area is 101 Å². The van der Waals surface area contributed by atoms with Gasteiger partial charge in [0.05, 0.1) is 11.6 Å². The number of hydrogen-bond acceptors (Lipinski definition) is 4. The molecule has 2 rings (SSSR count). The molecule has 0 aromatic rings. The van der Waals surface area contributed by atoms with Gasteiger partial charge in [-0.25, -0.2) is 0 Å². The second kappa shape index (κ2) is 4.30. The summed E-state index contributed by atoms with van der Waals surface area (Å²) in [6, 6.07) is -0.0316. The van der Waals surface area contributed by atoms with E-state index in [0.29, 0.717) is 11.6 Å². The van der Waals surface area contributed by atoms with E-state index >= 15 is 0 Å². The van der Waals surface area contributed by atoms with Crippen molar-refractivity contribution in [3.8, 4) is 0 Å². The summed E-state index contributed by atoms with van der Waals surface area (Å²) in [5.74, 6) is -0.0704. The van der Waals surface area contributed by atoms with Crippen LogP contribution >= 0.6 is 12.2 Å². The van der Waals surface area contributed by atoms with Crippen LogP contribution in [0, 0.1) is 5.41 Å². The first kappa shape index (κ1) is 11.8. The molecule has 5 heteroatoms. The number of rotatable bonds is 2. The van der Waals surface area contributed by atoms with Crippen molar-refractivity contribution in [2.75, 3.05) is 19.7 Å². The van der Waals surface area contributed by atoms with Crippen LogP contribution in [0.3, 0.4) is 0 Å². The fraction of sp³-hybridized carbons (Fsp3) is 0.818. The Kier molecular flexibility index (Phi) is 3.17. The Morgan fingerprint density at radius 3 is 2.62 bits per heavy atom. The lowest BCUT2D eigenvalue weighted by atomic mass is 9.80. The van der Waals surface area contributed by atoms with E-state index in [1.165, 1.54) is 0 Å². The second-order valence-electron chi connectivity index (χ2n) is 4.93. The highest BCUT2D eigenvalue weighted by molar-refractivity contribution is 7.80. The molecule has 2 aliphatic rings. The number of cyclic esters (lactones) is 1. The number of hydrogen-bond donors (Lipinski definition) is 1. The van der Waals surface area contributed by atoms with Crippen molar-refractivity contribution in [3.05, 3.63) is 0 Å². The minimum Gasteiger partial charge on any atom is -0.464 e. The van der Waals surface area contributed by atoms with Gasteiger partial charge in [-0.1, -0.05) is 19.1 Å². The first-order valence-electron chi connectivity index (χ1n) is 5.73. The summed E-state index contributed by atoms with van der Waals surface area (Å²) < 4.78 is 4.99. The SMILES string of the molecule is CC1(C(N)=S)CCN(C2CCOC2=O)CC1. The molecule has 1 atom stereocenters. The number of carbonyl (C=O) groups excluding carboxylic acids is 1. The molecule has 0 aliphatic carbocycles. The van der Waals surface area contributed by atoms with Crippen LogP contribution in [-0.2, 0) is 9.53 Å². The molecule has 4 nitrogen and oxygen atoms in total. The van der Waals surface area contributed by atoms with Crippen LogP contribution in [-0.4, -0.2) is 41.6 Å². The summed E-state index contributed by atoms with van der Waals surface area (Å²) in [7, 11) is 0. The van der Waals surface area contributed by atoms with Gasteiger partial charge in [-0.2, -0.15) is 0 Å². The van der Waals surface area contributed by atoms with Crippen LogP contribution in [0.4, 0.5) is 0 Å². The first-order chi connectivity index (χ1) is 7.53. The van der Waals surface area contributed by atoms with Crippen molar-refractivity contribution < 1.29 is 9.53 Å². The number of ether oxygens (including phenoxy) is 1. The van der Waals surface area contributed by atoms with E-state index in [9.17, 15) is 4.79 Å². The van der Waals surface area contributed by atoms with Gasteiger partial charge in [-0.05, 0) is 25.9 Å². The number of likely N-dealkylation sites (tertiary alicyclic amines) is 1. The van der Waals surface area contributed by atoms with Gasteiger partial charge in [0.15, 0.2) is 0 Å². The minimum absolute atomic E-state index is 0.0316. The van der Waals surface area contributed by atoms with Crippen LogP contribution in [0.2, 0.25) is 0 Å². The maximum atomic E-state index is 11.5. The van der Waals surface area contributed by atoms with Crippen molar-refractivity contribution in [2.45, 2.75) is 32.2 Å². The molecular formula is C11H18N2O2S. The third kappa shape index (κ3) is 2.06. The molecule has 16 heavy (non-hydrogen) atoms. The topological polar surface area (TPSA) is 55.6 Å². The molecule has 0 radical (unpaired) electrons. The molecule has 2 saturated heterocycles. The van der Waals surface area contributed by atoms with Crippen LogP contribution in [0.25, 0.3) is 0 Å². The molecule has 0 aromatic heterocycles. The number of piperidine rings is 1. The highest BCUT2D eigenvalue weighted by Crippen LogP contribution is 2.33. The lowest BCUT2D eigenvalue weighted by molar-refractivity contribution is -0.142. The van der Waals surface area contributed by atoms with Crippen molar-refractivity contribution >= 4 is 23.2 Å². The van der Waals surface area contributed by atoms with Gasteiger partial charge in [-0.3, -0.25) is 9.69 Å². The summed E-state index contributed by atoms with van der Waals surface area (Å²) >= 11 is 5.09. The number of nitrogens with two attached hydrogens (primary N) is 1. The van der Waals surface area contributed by atoms with Crippen LogP contribution < -0.4 is 5.73 Å². The monoisotopic (exact) mass is 242 g/mol. The predicted molar refractivity (Wildman–Crippen MR) is 65.1 cm³/mol. The average Bonchev–Trinajstić information content (AvgIpc) is 2.66. The van der Waals surface area contributed by atoms with Crippen molar-refractivity contribution in [2.24, 2.45) is 11.1 Å². The lowest BCUT2D eigenvalue weighted by Crippen LogP contribution is -2.49. The maximum Gasteiger partial charge on any atom is 0.323 e. The molecule has 0 aromatic carbocycles. The van der Waals surface area contributed by atoms with E-state index in [4.69, 9.17) is 22.7 Å². The quantitative estimate of drug-likeness (QED) is 0.570. The van der Waals surface area contributed by atoms with Crippen LogP contribution in [0.1, 0.15) is 26.2 Å². The Morgan fingerprint density at radius 2 is 2.19 bits per heavy atom. The standard InChI is InChI=1S/C11H18N2O2S/c1-11(10(12)16)3-5-13(6-4-11)8-2-7-15-9(8)14/h8H,2-7H2,1H3,(H2,12,16). The third-order valence-corrected chi connectivity index (χ3v) is 4.34. The molecular weight excluding hydrogens is 224 g/mol. The van der Waals surface area contributed by atoms with Crippen molar-refractivity contribution in [3.63, 3.8) is 0 Å². The first-order valence-corrected chi connectivity index (χ1v) is 6.14. The van der Waals surface area contributed by atoms with Gasteiger partial charge in [0.2, 0.25) is 0 Å².